The largest absolute Gasteiger partial charge is 0.458 e. The highest BCUT2D eigenvalue weighted by Crippen LogP contribution is 2.62. The fourth-order valence-electron chi connectivity index (χ4n) is 4.54. The van der Waals surface area contributed by atoms with Crippen molar-refractivity contribution >= 4 is 5.90 Å². The molecule has 3 nitrogen and oxygen atoms in total. The van der Waals surface area contributed by atoms with E-state index in [0.29, 0.717) is 5.90 Å². The summed E-state index contributed by atoms with van der Waals surface area (Å²) in [4.78, 5) is 4.98. The molecule has 0 amide bonds. The molecule has 2 atom stereocenters. The second-order valence-corrected chi connectivity index (χ2v) is 8.85. The third kappa shape index (κ3) is 2.40. The van der Waals surface area contributed by atoms with E-state index in [2.05, 4.69) is 63.2 Å². The van der Waals surface area contributed by atoms with E-state index in [1.807, 2.05) is 43.3 Å². The first-order chi connectivity index (χ1) is 13.9. The molecule has 2 aliphatic rings. The van der Waals surface area contributed by atoms with Crippen molar-refractivity contribution in [3.05, 3.63) is 101 Å². The smallest absolute Gasteiger partial charge is 0.277 e. The van der Waals surface area contributed by atoms with Crippen molar-refractivity contribution < 1.29 is 9.47 Å². The van der Waals surface area contributed by atoms with Gasteiger partial charge in [-0.25, -0.2) is 4.99 Å². The summed E-state index contributed by atoms with van der Waals surface area (Å²) >= 11 is 0. The average molecular weight is 383 g/mol. The fraction of sp³-hybridized carbons (Fsp3) is 0.269. The van der Waals surface area contributed by atoms with Crippen LogP contribution in [0.15, 0.2) is 83.9 Å². The number of ether oxygens (including phenoxy) is 2. The molecule has 5 rings (SSSR count). The number of hydrogen-bond acceptors (Lipinski definition) is 3. The normalized spacial score (nSPS) is 24.9. The van der Waals surface area contributed by atoms with Crippen LogP contribution in [0.5, 0.6) is 5.75 Å². The minimum absolute atomic E-state index is 0.0133. The summed E-state index contributed by atoms with van der Waals surface area (Å²) < 4.78 is 13.3. The Morgan fingerprint density at radius 1 is 0.759 bits per heavy atom. The van der Waals surface area contributed by atoms with Crippen molar-refractivity contribution in [2.24, 2.45) is 4.99 Å². The summed E-state index contributed by atoms with van der Waals surface area (Å²) in [6.07, 6.45) is 0. The number of aliphatic imine (C=N–C) groups is 1. The van der Waals surface area contributed by atoms with Gasteiger partial charge in [0.25, 0.3) is 5.72 Å². The van der Waals surface area contributed by atoms with Crippen LogP contribution in [-0.4, -0.2) is 5.90 Å². The highest BCUT2D eigenvalue weighted by atomic mass is 16.6. The minimum Gasteiger partial charge on any atom is -0.458 e. The maximum Gasteiger partial charge on any atom is 0.277 e. The zero-order valence-corrected chi connectivity index (χ0v) is 17.3. The summed E-state index contributed by atoms with van der Waals surface area (Å²) in [5.41, 5.74) is 2.45. The van der Waals surface area contributed by atoms with Crippen molar-refractivity contribution in [1.82, 2.24) is 0 Å². The van der Waals surface area contributed by atoms with E-state index in [0.717, 1.165) is 22.4 Å². The van der Waals surface area contributed by atoms with Crippen LogP contribution >= 0.6 is 0 Å². The molecule has 29 heavy (non-hydrogen) atoms. The Bertz CT molecular complexity index is 1100. The Kier molecular flexibility index (Phi) is 3.70. The van der Waals surface area contributed by atoms with Crippen LogP contribution in [0.4, 0.5) is 0 Å². The van der Waals surface area contributed by atoms with E-state index in [4.69, 9.17) is 14.5 Å². The van der Waals surface area contributed by atoms with E-state index in [1.54, 1.807) is 0 Å². The first-order valence-corrected chi connectivity index (χ1v) is 10.1. The van der Waals surface area contributed by atoms with Gasteiger partial charge in [-0.05, 0) is 23.1 Å². The first-order valence-electron chi connectivity index (χ1n) is 10.1. The van der Waals surface area contributed by atoms with E-state index in [9.17, 15) is 0 Å². The van der Waals surface area contributed by atoms with Crippen molar-refractivity contribution in [2.75, 3.05) is 0 Å². The Morgan fingerprint density at radius 2 is 1.38 bits per heavy atom. The average Bonchev–Trinajstić information content (AvgIpc) is 3.16. The van der Waals surface area contributed by atoms with Gasteiger partial charge in [-0.1, -0.05) is 87.5 Å². The summed E-state index contributed by atoms with van der Waals surface area (Å²) in [5, 5.41) is 0. The summed E-state index contributed by atoms with van der Waals surface area (Å²) in [5.74, 6) is 1.45. The molecule has 0 aromatic heterocycles. The maximum absolute atomic E-state index is 6.69. The molecule has 3 aromatic rings. The first kappa shape index (κ1) is 18.0. The molecule has 0 radical (unpaired) electrons. The van der Waals surface area contributed by atoms with Crippen LogP contribution in [-0.2, 0) is 21.5 Å². The third-order valence-electron chi connectivity index (χ3n) is 5.92. The summed E-state index contributed by atoms with van der Waals surface area (Å²) in [7, 11) is 0. The number of benzene rings is 3. The predicted molar refractivity (Wildman–Crippen MR) is 115 cm³/mol. The van der Waals surface area contributed by atoms with Gasteiger partial charge in [0.1, 0.15) is 5.75 Å². The van der Waals surface area contributed by atoms with Gasteiger partial charge in [0, 0.05) is 23.6 Å². The van der Waals surface area contributed by atoms with E-state index < -0.39 is 11.3 Å². The van der Waals surface area contributed by atoms with Crippen LogP contribution < -0.4 is 4.74 Å². The molecule has 0 aliphatic carbocycles. The lowest BCUT2D eigenvalue weighted by atomic mass is 9.75. The van der Waals surface area contributed by atoms with Gasteiger partial charge in [0.2, 0.25) is 5.60 Å². The SMILES string of the molecule is CC1=N[C@]2(c3ccccc3)Oc3ccc(C(C)(C)C)cc3[C@]2(c2ccccc2)O1. The van der Waals surface area contributed by atoms with Crippen LogP contribution in [0, 0.1) is 0 Å². The van der Waals surface area contributed by atoms with Crippen molar-refractivity contribution in [3.8, 4) is 5.75 Å². The lowest BCUT2D eigenvalue weighted by molar-refractivity contribution is -0.0490. The maximum atomic E-state index is 6.69. The van der Waals surface area contributed by atoms with Crippen molar-refractivity contribution in [3.63, 3.8) is 0 Å². The van der Waals surface area contributed by atoms with Gasteiger partial charge in [-0.15, -0.1) is 0 Å². The second-order valence-electron chi connectivity index (χ2n) is 8.85. The van der Waals surface area contributed by atoms with E-state index in [-0.39, 0.29) is 5.41 Å². The Hall–Kier alpha value is -3.07. The molecule has 0 saturated carbocycles. The molecule has 2 heterocycles. The topological polar surface area (TPSA) is 30.8 Å². The van der Waals surface area contributed by atoms with Crippen molar-refractivity contribution in [2.45, 2.75) is 44.4 Å². The van der Waals surface area contributed by atoms with Gasteiger partial charge in [-0.2, -0.15) is 0 Å². The van der Waals surface area contributed by atoms with Crippen molar-refractivity contribution in [1.29, 1.82) is 0 Å². The Balaban J connectivity index is 1.85. The van der Waals surface area contributed by atoms with Gasteiger partial charge in [-0.3, -0.25) is 0 Å². The Labute approximate surface area is 172 Å². The molecule has 0 N–H and O–H groups in total. The summed E-state index contributed by atoms with van der Waals surface area (Å²) in [6.45, 7) is 8.58. The zero-order valence-electron chi connectivity index (χ0n) is 17.3. The number of fused-ring (bicyclic) bond motifs is 3. The van der Waals surface area contributed by atoms with Crippen LogP contribution in [0.2, 0.25) is 0 Å². The predicted octanol–water partition coefficient (Wildman–Crippen LogP) is 5.92. The monoisotopic (exact) mass is 383 g/mol. The van der Waals surface area contributed by atoms with Crippen LogP contribution in [0.25, 0.3) is 0 Å². The number of rotatable bonds is 2. The Morgan fingerprint density at radius 3 is 2.00 bits per heavy atom. The third-order valence-corrected chi connectivity index (χ3v) is 5.92. The van der Waals surface area contributed by atoms with Crippen LogP contribution in [0.1, 0.15) is 49.9 Å². The summed E-state index contributed by atoms with van der Waals surface area (Å²) in [6, 6.07) is 27.0. The van der Waals surface area contributed by atoms with E-state index >= 15 is 0 Å². The molecule has 0 unspecified atom stereocenters. The molecule has 0 bridgehead atoms. The molecular weight excluding hydrogens is 358 g/mol. The molecule has 0 fully saturated rings. The molecule has 2 aliphatic heterocycles. The van der Waals surface area contributed by atoms with Gasteiger partial charge in [0.05, 0.1) is 0 Å². The second kappa shape index (κ2) is 5.96. The molecule has 0 spiro atoms. The van der Waals surface area contributed by atoms with Gasteiger partial charge in [0.15, 0.2) is 5.90 Å². The lowest BCUT2D eigenvalue weighted by Gasteiger charge is -2.36. The quantitative estimate of drug-likeness (QED) is 0.550. The molecule has 0 saturated heterocycles. The fourth-order valence-corrected chi connectivity index (χ4v) is 4.54. The zero-order chi connectivity index (χ0) is 20.3. The molecule has 146 valence electrons. The molecule has 3 aromatic carbocycles. The van der Waals surface area contributed by atoms with Gasteiger partial charge >= 0.3 is 0 Å². The lowest BCUT2D eigenvalue weighted by Crippen LogP contribution is -2.46. The molecular formula is C26H25NO2. The van der Waals surface area contributed by atoms with E-state index in [1.165, 1.54) is 5.56 Å². The molecule has 3 heteroatoms. The highest BCUT2D eigenvalue weighted by Gasteiger charge is 2.68. The standard InChI is InChI=1S/C26H25NO2/c1-18-27-26(20-13-9-6-10-14-20)25(28-18,19-11-7-5-8-12-19)22-17-21(24(2,3)4)15-16-23(22)29-26/h5-17H,1-4H3/t25-,26+/m0/s1. The number of hydrogen-bond donors (Lipinski definition) is 0. The number of nitrogens with zero attached hydrogens (tertiary/aromatic N) is 1. The highest BCUT2D eigenvalue weighted by molar-refractivity contribution is 5.80. The van der Waals surface area contributed by atoms with Gasteiger partial charge < -0.3 is 9.47 Å². The van der Waals surface area contributed by atoms with Crippen LogP contribution in [0.3, 0.4) is 0 Å². The minimum atomic E-state index is -0.988.